The molecular weight excluding hydrogens is 331 g/mol. The van der Waals surface area contributed by atoms with Gasteiger partial charge in [-0.25, -0.2) is 9.18 Å². The zero-order valence-electron chi connectivity index (χ0n) is 15.0. The van der Waals surface area contributed by atoms with Crippen LogP contribution in [0.4, 0.5) is 14.9 Å². The quantitative estimate of drug-likeness (QED) is 0.866. The number of carbonyl (C=O) groups excluding carboxylic acids is 1. The first kappa shape index (κ1) is 18.4. The third-order valence-corrected chi connectivity index (χ3v) is 4.56. The molecule has 0 spiro atoms. The van der Waals surface area contributed by atoms with Gasteiger partial charge in [0.05, 0.1) is 0 Å². The second-order valence-electron chi connectivity index (χ2n) is 6.71. The molecule has 0 aliphatic carbocycles. The number of hydrogen-bond acceptors (Lipinski definition) is 3. The Morgan fingerprint density at radius 3 is 2.42 bits per heavy atom. The summed E-state index contributed by atoms with van der Waals surface area (Å²) in [6.45, 7) is 5.81. The van der Waals surface area contributed by atoms with E-state index in [2.05, 4.69) is 39.6 Å². The highest BCUT2D eigenvalue weighted by Crippen LogP contribution is 2.11. The average Bonchev–Trinajstić information content (AvgIpc) is 2.63. The lowest BCUT2D eigenvalue weighted by atomic mass is 10.1. The molecule has 2 N–H and O–H groups in total. The number of amides is 2. The van der Waals surface area contributed by atoms with Gasteiger partial charge in [0.25, 0.3) is 0 Å². The lowest BCUT2D eigenvalue weighted by Gasteiger charge is -2.32. The molecule has 0 unspecified atom stereocenters. The molecule has 0 aromatic heterocycles. The molecule has 26 heavy (non-hydrogen) atoms. The van der Waals surface area contributed by atoms with E-state index in [1.807, 2.05) is 12.1 Å². The molecule has 2 aromatic rings. The second kappa shape index (κ2) is 8.78. The van der Waals surface area contributed by atoms with Crippen molar-refractivity contribution >= 4 is 11.7 Å². The molecule has 0 atom stereocenters. The van der Waals surface area contributed by atoms with E-state index in [-0.39, 0.29) is 11.8 Å². The highest BCUT2D eigenvalue weighted by molar-refractivity contribution is 5.89. The Morgan fingerprint density at radius 2 is 1.73 bits per heavy atom. The van der Waals surface area contributed by atoms with E-state index in [1.165, 1.54) is 17.7 Å². The molecule has 0 bridgehead atoms. The van der Waals surface area contributed by atoms with Crippen molar-refractivity contribution in [2.45, 2.75) is 13.1 Å². The first-order valence-corrected chi connectivity index (χ1v) is 8.87. The Bertz CT molecular complexity index is 727. The van der Waals surface area contributed by atoms with E-state index in [0.29, 0.717) is 12.2 Å². The summed E-state index contributed by atoms with van der Waals surface area (Å²) in [5.74, 6) is -0.376. The minimum atomic E-state index is -0.376. The van der Waals surface area contributed by atoms with Crippen LogP contribution in [0.2, 0.25) is 0 Å². The third kappa shape index (κ3) is 5.54. The summed E-state index contributed by atoms with van der Waals surface area (Å²) in [7, 11) is 2.16. The maximum atomic E-state index is 13.1. The summed E-state index contributed by atoms with van der Waals surface area (Å²) in [5.41, 5.74) is 2.74. The summed E-state index contributed by atoms with van der Waals surface area (Å²) in [4.78, 5) is 16.7. The monoisotopic (exact) mass is 356 g/mol. The van der Waals surface area contributed by atoms with Crippen LogP contribution in [0.1, 0.15) is 11.1 Å². The topological polar surface area (TPSA) is 47.6 Å². The van der Waals surface area contributed by atoms with E-state index in [0.717, 1.165) is 38.3 Å². The van der Waals surface area contributed by atoms with Crippen molar-refractivity contribution in [1.29, 1.82) is 0 Å². The van der Waals surface area contributed by atoms with Crippen molar-refractivity contribution in [2.75, 3.05) is 38.5 Å². The molecular formula is C20H25FN4O. The van der Waals surface area contributed by atoms with Gasteiger partial charge in [0, 0.05) is 45.0 Å². The SMILES string of the molecule is CN1CCN(Cc2ccc(CNC(=O)Nc3cccc(F)c3)cc2)CC1. The van der Waals surface area contributed by atoms with Crippen LogP contribution in [0, 0.1) is 5.82 Å². The molecule has 1 heterocycles. The summed E-state index contributed by atoms with van der Waals surface area (Å²) in [5, 5.41) is 5.41. The number of rotatable bonds is 5. The fraction of sp³-hybridized carbons (Fsp3) is 0.350. The molecule has 138 valence electrons. The molecule has 3 rings (SSSR count). The van der Waals surface area contributed by atoms with Crippen molar-refractivity contribution in [3.05, 3.63) is 65.5 Å². The van der Waals surface area contributed by atoms with Gasteiger partial charge >= 0.3 is 6.03 Å². The molecule has 0 radical (unpaired) electrons. The summed E-state index contributed by atoms with van der Waals surface area (Å²) in [6.07, 6.45) is 0. The van der Waals surface area contributed by atoms with E-state index in [9.17, 15) is 9.18 Å². The van der Waals surface area contributed by atoms with Gasteiger partial charge in [-0.05, 0) is 36.4 Å². The lowest BCUT2D eigenvalue weighted by molar-refractivity contribution is 0.148. The summed E-state index contributed by atoms with van der Waals surface area (Å²) >= 11 is 0. The first-order valence-electron chi connectivity index (χ1n) is 8.87. The van der Waals surface area contributed by atoms with Crippen LogP contribution >= 0.6 is 0 Å². The number of likely N-dealkylation sites (N-methyl/N-ethyl adjacent to an activating group) is 1. The minimum Gasteiger partial charge on any atom is -0.334 e. The number of anilines is 1. The number of urea groups is 1. The normalized spacial score (nSPS) is 15.6. The predicted molar refractivity (Wildman–Crippen MR) is 101 cm³/mol. The molecule has 0 saturated carbocycles. The smallest absolute Gasteiger partial charge is 0.319 e. The van der Waals surface area contributed by atoms with Crippen molar-refractivity contribution < 1.29 is 9.18 Å². The fourth-order valence-corrected chi connectivity index (χ4v) is 2.95. The van der Waals surface area contributed by atoms with Gasteiger partial charge in [0.1, 0.15) is 5.82 Å². The maximum absolute atomic E-state index is 13.1. The van der Waals surface area contributed by atoms with Gasteiger partial charge in [0.2, 0.25) is 0 Å². The number of hydrogen-bond donors (Lipinski definition) is 2. The van der Waals surface area contributed by atoms with Crippen molar-refractivity contribution in [3.8, 4) is 0 Å². The highest BCUT2D eigenvalue weighted by Gasteiger charge is 2.13. The van der Waals surface area contributed by atoms with E-state index >= 15 is 0 Å². The zero-order chi connectivity index (χ0) is 18.4. The molecule has 2 amide bonds. The van der Waals surface area contributed by atoms with Gasteiger partial charge in [-0.15, -0.1) is 0 Å². The van der Waals surface area contributed by atoms with Gasteiger partial charge in [-0.3, -0.25) is 4.90 Å². The molecule has 1 aliphatic heterocycles. The zero-order valence-corrected chi connectivity index (χ0v) is 15.0. The van der Waals surface area contributed by atoms with Crippen LogP contribution in [0.25, 0.3) is 0 Å². The number of benzene rings is 2. The number of nitrogens with one attached hydrogen (secondary N) is 2. The van der Waals surface area contributed by atoms with Crippen molar-refractivity contribution in [3.63, 3.8) is 0 Å². The molecule has 6 heteroatoms. The molecule has 5 nitrogen and oxygen atoms in total. The maximum Gasteiger partial charge on any atom is 0.319 e. The Balaban J connectivity index is 1.44. The summed E-state index contributed by atoms with van der Waals surface area (Å²) in [6, 6.07) is 13.8. The van der Waals surface area contributed by atoms with Crippen molar-refractivity contribution in [2.24, 2.45) is 0 Å². The fourth-order valence-electron chi connectivity index (χ4n) is 2.95. The molecule has 1 aliphatic rings. The Labute approximate surface area is 153 Å². The Morgan fingerprint density at radius 1 is 1.04 bits per heavy atom. The minimum absolute atomic E-state index is 0.350. The lowest BCUT2D eigenvalue weighted by Crippen LogP contribution is -2.43. The van der Waals surface area contributed by atoms with E-state index in [4.69, 9.17) is 0 Å². The number of halogens is 1. The van der Waals surface area contributed by atoms with Crippen LogP contribution in [0.5, 0.6) is 0 Å². The van der Waals surface area contributed by atoms with Gasteiger partial charge in [-0.2, -0.15) is 0 Å². The average molecular weight is 356 g/mol. The van der Waals surface area contributed by atoms with Crippen molar-refractivity contribution in [1.82, 2.24) is 15.1 Å². The van der Waals surface area contributed by atoms with Crippen LogP contribution in [-0.4, -0.2) is 49.1 Å². The van der Waals surface area contributed by atoms with Crippen LogP contribution in [-0.2, 0) is 13.1 Å². The van der Waals surface area contributed by atoms with Gasteiger partial charge in [0.15, 0.2) is 0 Å². The molecule has 1 fully saturated rings. The number of carbonyl (C=O) groups is 1. The number of nitrogens with zero attached hydrogens (tertiary/aromatic N) is 2. The Hall–Kier alpha value is -2.44. The standard InChI is InChI=1S/C20H25FN4O/c1-24-9-11-25(12-10-24)15-17-7-5-16(6-8-17)14-22-20(26)23-19-4-2-3-18(21)13-19/h2-8,13H,9-12,14-15H2,1H3,(H2,22,23,26). The van der Waals surface area contributed by atoms with E-state index in [1.54, 1.807) is 12.1 Å². The molecule has 1 saturated heterocycles. The summed E-state index contributed by atoms with van der Waals surface area (Å²) < 4.78 is 13.1. The van der Waals surface area contributed by atoms with Crippen LogP contribution < -0.4 is 10.6 Å². The van der Waals surface area contributed by atoms with E-state index < -0.39 is 0 Å². The second-order valence-corrected chi connectivity index (χ2v) is 6.71. The molecule has 2 aromatic carbocycles. The predicted octanol–water partition coefficient (Wildman–Crippen LogP) is 2.89. The van der Waals surface area contributed by atoms with Crippen LogP contribution in [0.15, 0.2) is 48.5 Å². The highest BCUT2D eigenvalue weighted by atomic mass is 19.1. The largest absolute Gasteiger partial charge is 0.334 e. The third-order valence-electron chi connectivity index (χ3n) is 4.56. The van der Waals surface area contributed by atoms with Gasteiger partial charge < -0.3 is 15.5 Å². The Kier molecular flexibility index (Phi) is 6.20. The van der Waals surface area contributed by atoms with Gasteiger partial charge in [-0.1, -0.05) is 30.3 Å². The van der Waals surface area contributed by atoms with Crippen LogP contribution in [0.3, 0.4) is 0 Å². The number of piperazine rings is 1. The first-order chi connectivity index (χ1) is 12.6.